The van der Waals surface area contributed by atoms with Crippen molar-refractivity contribution in [1.29, 1.82) is 0 Å². The number of hydrogen-bond acceptors (Lipinski definition) is 3. The number of fused-ring (bicyclic) bond motifs is 3. The number of nitrogens with one attached hydrogen (secondary N) is 1. The van der Waals surface area contributed by atoms with Crippen molar-refractivity contribution in [2.45, 2.75) is 38.0 Å². The lowest BCUT2D eigenvalue weighted by molar-refractivity contribution is -0.137. The molecule has 0 aliphatic carbocycles. The van der Waals surface area contributed by atoms with E-state index in [9.17, 15) is 18.0 Å². The smallest absolute Gasteiger partial charge is 0.347 e. The molecule has 0 saturated carbocycles. The van der Waals surface area contributed by atoms with Gasteiger partial charge in [0.1, 0.15) is 0 Å². The van der Waals surface area contributed by atoms with Crippen LogP contribution in [0.2, 0.25) is 0 Å². The second kappa shape index (κ2) is 6.95. The molecule has 4 heterocycles. The van der Waals surface area contributed by atoms with E-state index in [1.807, 2.05) is 0 Å². The molecule has 1 aromatic carbocycles. The van der Waals surface area contributed by atoms with Gasteiger partial charge in [-0.25, -0.2) is 0 Å². The predicted octanol–water partition coefficient (Wildman–Crippen LogP) is 4.65. The molecule has 1 N–H and O–H groups in total. The quantitative estimate of drug-likeness (QED) is 0.822. The van der Waals surface area contributed by atoms with Crippen molar-refractivity contribution >= 4 is 17.2 Å². The van der Waals surface area contributed by atoms with Crippen LogP contribution in [0.15, 0.2) is 36.4 Å². The van der Waals surface area contributed by atoms with Gasteiger partial charge in [0.05, 0.1) is 10.4 Å². The molecular formula is C20H21F3N2OS. The normalized spacial score (nSPS) is 27.6. The highest BCUT2D eigenvalue weighted by Gasteiger charge is 2.40. The number of piperidine rings is 3. The summed E-state index contributed by atoms with van der Waals surface area (Å²) in [5.41, 5.74) is 0.0142. The van der Waals surface area contributed by atoms with Crippen molar-refractivity contribution in [2.24, 2.45) is 5.92 Å². The molecule has 3 fully saturated rings. The van der Waals surface area contributed by atoms with Crippen molar-refractivity contribution in [2.75, 3.05) is 13.1 Å². The zero-order valence-corrected chi connectivity index (χ0v) is 15.7. The first kappa shape index (κ1) is 18.5. The van der Waals surface area contributed by atoms with Crippen LogP contribution in [-0.4, -0.2) is 36.0 Å². The molecule has 0 radical (unpaired) electrons. The zero-order chi connectivity index (χ0) is 19.2. The molecule has 1 aromatic heterocycles. The van der Waals surface area contributed by atoms with Gasteiger partial charge in [-0.05, 0) is 68.6 Å². The van der Waals surface area contributed by atoms with Crippen molar-refractivity contribution in [3.05, 3.63) is 46.8 Å². The summed E-state index contributed by atoms with van der Waals surface area (Å²) in [5, 5.41) is 3.19. The standard InChI is InChI=1S/C20H21F3N2OS/c1-12-18(14-8-10-25(12)11-9-14)24-19(26)17-7-6-16(27-17)13-2-4-15(5-3-13)20(21,22)23/h2-7,12,14,18H,8-11H2,1H3,(H,24,26)/t12-,18-/m0/s1. The first-order valence-corrected chi connectivity index (χ1v) is 9.97. The maximum absolute atomic E-state index is 12.7. The lowest BCUT2D eigenvalue weighted by Crippen LogP contribution is -2.62. The maximum Gasteiger partial charge on any atom is 0.416 e. The summed E-state index contributed by atoms with van der Waals surface area (Å²) in [6, 6.07) is 9.10. The van der Waals surface area contributed by atoms with Crippen LogP contribution < -0.4 is 5.32 Å². The van der Waals surface area contributed by atoms with Crippen LogP contribution in [0.1, 0.15) is 35.0 Å². The number of nitrogens with zero attached hydrogens (tertiary/aromatic N) is 1. The van der Waals surface area contributed by atoms with E-state index in [1.165, 1.54) is 23.5 Å². The van der Waals surface area contributed by atoms with Crippen molar-refractivity contribution < 1.29 is 18.0 Å². The third-order valence-corrected chi connectivity index (χ3v) is 6.94. The Morgan fingerprint density at radius 1 is 1.11 bits per heavy atom. The molecule has 7 heteroatoms. The minimum absolute atomic E-state index is 0.0937. The fraction of sp³-hybridized carbons (Fsp3) is 0.450. The highest BCUT2D eigenvalue weighted by atomic mass is 32.1. The van der Waals surface area contributed by atoms with Crippen molar-refractivity contribution in [1.82, 2.24) is 10.2 Å². The Kier molecular flexibility index (Phi) is 4.76. The lowest BCUT2D eigenvalue weighted by atomic mass is 9.79. The number of alkyl halides is 3. The number of amides is 1. The average molecular weight is 394 g/mol. The van der Waals surface area contributed by atoms with E-state index in [2.05, 4.69) is 17.1 Å². The molecule has 2 atom stereocenters. The summed E-state index contributed by atoms with van der Waals surface area (Å²) in [7, 11) is 0. The van der Waals surface area contributed by atoms with E-state index in [0.717, 1.165) is 42.9 Å². The van der Waals surface area contributed by atoms with Crippen LogP contribution in [0.3, 0.4) is 0 Å². The molecule has 27 heavy (non-hydrogen) atoms. The zero-order valence-electron chi connectivity index (χ0n) is 14.9. The highest BCUT2D eigenvalue weighted by Crippen LogP contribution is 2.34. The van der Waals surface area contributed by atoms with E-state index < -0.39 is 11.7 Å². The molecule has 0 unspecified atom stereocenters. The van der Waals surface area contributed by atoms with Crippen LogP contribution in [0, 0.1) is 5.92 Å². The fourth-order valence-electron chi connectivity index (χ4n) is 4.21. The Balaban J connectivity index is 1.47. The van der Waals surface area contributed by atoms with Gasteiger partial charge < -0.3 is 5.32 Å². The monoisotopic (exact) mass is 394 g/mol. The molecule has 2 aromatic rings. The van der Waals surface area contributed by atoms with Crippen LogP contribution in [0.25, 0.3) is 10.4 Å². The first-order valence-electron chi connectivity index (χ1n) is 9.15. The number of rotatable bonds is 3. The molecule has 3 aliphatic rings. The third kappa shape index (κ3) is 3.62. The molecule has 2 bridgehead atoms. The van der Waals surface area contributed by atoms with Crippen molar-refractivity contribution in [3.63, 3.8) is 0 Å². The topological polar surface area (TPSA) is 32.3 Å². The Hall–Kier alpha value is -1.86. The highest BCUT2D eigenvalue weighted by molar-refractivity contribution is 7.17. The summed E-state index contributed by atoms with van der Waals surface area (Å²) in [6.07, 6.45) is -2.10. The van der Waals surface area contributed by atoms with Gasteiger partial charge >= 0.3 is 6.18 Å². The molecule has 5 rings (SSSR count). The lowest BCUT2D eigenvalue weighted by Gasteiger charge is -2.49. The van der Waals surface area contributed by atoms with Gasteiger partial charge in [0.25, 0.3) is 5.91 Å². The maximum atomic E-state index is 12.7. The summed E-state index contributed by atoms with van der Waals surface area (Å²) in [5.74, 6) is 0.437. The number of halogens is 3. The Morgan fingerprint density at radius 2 is 1.78 bits per heavy atom. The number of carbonyl (C=O) groups excluding carboxylic acids is 1. The van der Waals surface area contributed by atoms with E-state index >= 15 is 0 Å². The minimum atomic E-state index is -4.34. The molecule has 1 amide bonds. The minimum Gasteiger partial charge on any atom is -0.347 e. The number of hydrogen-bond donors (Lipinski definition) is 1. The van der Waals surface area contributed by atoms with Gasteiger partial charge in [0, 0.05) is 17.0 Å². The van der Waals surface area contributed by atoms with Gasteiger partial charge in [-0.3, -0.25) is 9.69 Å². The molecular weight excluding hydrogens is 373 g/mol. The largest absolute Gasteiger partial charge is 0.416 e. The number of benzene rings is 1. The number of thiophene rings is 1. The van der Waals surface area contributed by atoms with Gasteiger partial charge in [-0.15, -0.1) is 11.3 Å². The van der Waals surface area contributed by atoms with Crippen LogP contribution in [-0.2, 0) is 6.18 Å². The number of carbonyl (C=O) groups is 1. The van der Waals surface area contributed by atoms with Gasteiger partial charge in [0.2, 0.25) is 0 Å². The van der Waals surface area contributed by atoms with E-state index in [1.54, 1.807) is 12.1 Å². The van der Waals surface area contributed by atoms with Gasteiger partial charge in [0.15, 0.2) is 0 Å². The summed E-state index contributed by atoms with van der Waals surface area (Å²) < 4.78 is 38.1. The molecule has 3 nitrogen and oxygen atoms in total. The van der Waals surface area contributed by atoms with Gasteiger partial charge in [-0.2, -0.15) is 13.2 Å². The summed E-state index contributed by atoms with van der Waals surface area (Å²) in [4.78, 5) is 16.5. The van der Waals surface area contributed by atoms with Crippen LogP contribution >= 0.6 is 11.3 Å². The SMILES string of the molecule is C[C@H]1[C@H](NC(=O)c2ccc(-c3ccc(C(F)(F)F)cc3)s2)C2CCN1CC2. The molecule has 3 saturated heterocycles. The molecule has 144 valence electrons. The second-order valence-electron chi connectivity index (χ2n) is 7.35. The van der Waals surface area contributed by atoms with Crippen LogP contribution in [0.4, 0.5) is 13.2 Å². The third-order valence-electron chi connectivity index (χ3n) is 5.80. The molecule has 0 spiro atoms. The Labute approximate surface area is 160 Å². The fourth-order valence-corrected chi connectivity index (χ4v) is 5.12. The Morgan fingerprint density at radius 3 is 2.37 bits per heavy atom. The summed E-state index contributed by atoms with van der Waals surface area (Å²) >= 11 is 1.31. The van der Waals surface area contributed by atoms with Gasteiger partial charge in [-0.1, -0.05) is 12.1 Å². The summed E-state index contributed by atoms with van der Waals surface area (Å²) in [6.45, 7) is 4.38. The van der Waals surface area contributed by atoms with E-state index in [0.29, 0.717) is 22.4 Å². The molecule has 3 aliphatic heterocycles. The Bertz CT molecular complexity index is 820. The van der Waals surface area contributed by atoms with E-state index in [4.69, 9.17) is 0 Å². The van der Waals surface area contributed by atoms with Crippen molar-refractivity contribution in [3.8, 4) is 10.4 Å². The average Bonchev–Trinajstić information content (AvgIpc) is 3.15. The second-order valence-corrected chi connectivity index (χ2v) is 8.44. The van der Waals surface area contributed by atoms with E-state index in [-0.39, 0.29) is 11.9 Å². The predicted molar refractivity (Wildman–Crippen MR) is 99.8 cm³/mol. The van der Waals surface area contributed by atoms with Crippen LogP contribution in [0.5, 0.6) is 0 Å². The first-order chi connectivity index (χ1) is 12.8.